The largest absolute Gasteiger partial charge is 0.349 e. The standard InChI is InChI=1S/C15H22N2OS/c1-4-11-7-8-13(10(11)2)17-14(18)12-6-5-9-16-15(12)19-3/h5-6,9-11,13H,4,7-8H2,1-3H3,(H,17,18)/t10?,11?,13-/m1/s1. The molecule has 19 heavy (non-hydrogen) atoms. The van der Waals surface area contributed by atoms with E-state index >= 15 is 0 Å². The number of nitrogens with zero attached hydrogens (tertiary/aromatic N) is 1. The van der Waals surface area contributed by atoms with Gasteiger partial charge in [0.05, 0.1) is 5.56 Å². The van der Waals surface area contributed by atoms with Crippen LogP contribution in [0.1, 0.15) is 43.5 Å². The van der Waals surface area contributed by atoms with Gasteiger partial charge >= 0.3 is 0 Å². The number of carbonyl (C=O) groups is 1. The van der Waals surface area contributed by atoms with Gasteiger partial charge in [-0.3, -0.25) is 4.79 Å². The zero-order chi connectivity index (χ0) is 13.8. The number of nitrogens with one attached hydrogen (secondary N) is 1. The third-order valence-corrected chi connectivity index (χ3v) is 4.99. The molecular weight excluding hydrogens is 256 g/mol. The van der Waals surface area contributed by atoms with E-state index in [4.69, 9.17) is 0 Å². The molecule has 2 rings (SSSR count). The summed E-state index contributed by atoms with van der Waals surface area (Å²) in [6.45, 7) is 4.49. The van der Waals surface area contributed by atoms with Crippen molar-refractivity contribution in [1.29, 1.82) is 0 Å². The van der Waals surface area contributed by atoms with Gasteiger partial charge in [-0.05, 0) is 43.1 Å². The van der Waals surface area contributed by atoms with Crippen LogP contribution in [0.25, 0.3) is 0 Å². The second-order valence-corrected chi connectivity index (χ2v) is 6.04. The van der Waals surface area contributed by atoms with Crippen molar-refractivity contribution in [2.24, 2.45) is 11.8 Å². The Balaban J connectivity index is 2.05. The van der Waals surface area contributed by atoms with Gasteiger partial charge in [0, 0.05) is 12.2 Å². The molecule has 0 aromatic carbocycles. The topological polar surface area (TPSA) is 42.0 Å². The van der Waals surface area contributed by atoms with Crippen LogP contribution in [-0.4, -0.2) is 23.2 Å². The van der Waals surface area contributed by atoms with Crippen molar-refractivity contribution in [3.63, 3.8) is 0 Å². The van der Waals surface area contributed by atoms with E-state index in [0.717, 1.165) is 17.4 Å². The minimum atomic E-state index is 0.0195. The summed E-state index contributed by atoms with van der Waals surface area (Å²) in [5, 5.41) is 4.00. The molecule has 1 N–H and O–H groups in total. The van der Waals surface area contributed by atoms with Gasteiger partial charge in [-0.1, -0.05) is 20.3 Å². The lowest BCUT2D eigenvalue weighted by atomic mass is 9.93. The second-order valence-electron chi connectivity index (χ2n) is 5.24. The Morgan fingerprint density at radius 2 is 2.32 bits per heavy atom. The molecule has 2 unspecified atom stereocenters. The summed E-state index contributed by atoms with van der Waals surface area (Å²) in [4.78, 5) is 16.6. The number of thioether (sulfide) groups is 1. The van der Waals surface area contributed by atoms with E-state index in [9.17, 15) is 4.79 Å². The van der Waals surface area contributed by atoms with E-state index in [2.05, 4.69) is 24.1 Å². The molecule has 0 radical (unpaired) electrons. The van der Waals surface area contributed by atoms with Gasteiger partial charge in [0.25, 0.3) is 5.91 Å². The van der Waals surface area contributed by atoms with E-state index in [1.165, 1.54) is 24.6 Å². The molecule has 3 atom stereocenters. The molecule has 0 bridgehead atoms. The van der Waals surface area contributed by atoms with Crippen molar-refractivity contribution in [1.82, 2.24) is 10.3 Å². The first-order valence-corrected chi connectivity index (χ1v) is 8.19. The van der Waals surface area contributed by atoms with Crippen LogP contribution in [0.15, 0.2) is 23.4 Å². The maximum absolute atomic E-state index is 12.4. The lowest BCUT2D eigenvalue weighted by Crippen LogP contribution is -2.37. The number of aromatic nitrogens is 1. The van der Waals surface area contributed by atoms with Gasteiger partial charge in [-0.15, -0.1) is 11.8 Å². The highest BCUT2D eigenvalue weighted by Crippen LogP contribution is 2.34. The fraction of sp³-hybridized carbons (Fsp3) is 0.600. The van der Waals surface area contributed by atoms with Crippen LogP contribution in [0.4, 0.5) is 0 Å². The molecule has 1 amide bonds. The Bertz CT molecular complexity index is 450. The molecular formula is C15H22N2OS. The smallest absolute Gasteiger partial charge is 0.254 e. The Labute approximate surface area is 119 Å². The van der Waals surface area contributed by atoms with Gasteiger partial charge in [-0.25, -0.2) is 4.98 Å². The fourth-order valence-electron chi connectivity index (χ4n) is 3.00. The normalized spacial score (nSPS) is 26.4. The van der Waals surface area contributed by atoms with Crippen molar-refractivity contribution in [2.45, 2.75) is 44.2 Å². The minimum Gasteiger partial charge on any atom is -0.349 e. The lowest BCUT2D eigenvalue weighted by molar-refractivity contribution is 0.0923. The van der Waals surface area contributed by atoms with E-state index in [0.29, 0.717) is 17.5 Å². The zero-order valence-corrected chi connectivity index (χ0v) is 12.7. The van der Waals surface area contributed by atoms with Gasteiger partial charge in [0.1, 0.15) is 5.03 Å². The minimum absolute atomic E-state index is 0.0195. The van der Waals surface area contributed by atoms with E-state index < -0.39 is 0 Å². The number of hydrogen-bond acceptors (Lipinski definition) is 3. The Morgan fingerprint density at radius 3 is 2.95 bits per heavy atom. The van der Waals surface area contributed by atoms with Crippen LogP contribution in [-0.2, 0) is 0 Å². The molecule has 1 aliphatic carbocycles. The van der Waals surface area contributed by atoms with Crippen molar-refractivity contribution >= 4 is 17.7 Å². The number of carbonyl (C=O) groups excluding carboxylic acids is 1. The molecule has 1 heterocycles. The molecule has 0 spiro atoms. The summed E-state index contributed by atoms with van der Waals surface area (Å²) in [5.74, 6) is 1.34. The van der Waals surface area contributed by atoms with Gasteiger partial charge < -0.3 is 5.32 Å². The summed E-state index contributed by atoms with van der Waals surface area (Å²) in [6.07, 6.45) is 7.21. The maximum Gasteiger partial charge on any atom is 0.254 e. The SMILES string of the molecule is CCC1CC[C@@H](NC(=O)c2cccnc2SC)C1C. The first kappa shape index (κ1) is 14.4. The van der Waals surface area contributed by atoms with Gasteiger partial charge in [0.2, 0.25) is 0 Å². The van der Waals surface area contributed by atoms with Crippen LogP contribution in [0, 0.1) is 11.8 Å². The summed E-state index contributed by atoms with van der Waals surface area (Å²) >= 11 is 1.52. The quantitative estimate of drug-likeness (QED) is 0.859. The molecule has 1 aliphatic rings. The van der Waals surface area contributed by atoms with Crippen molar-refractivity contribution in [3.05, 3.63) is 23.9 Å². The summed E-state index contributed by atoms with van der Waals surface area (Å²) in [5.41, 5.74) is 0.696. The molecule has 1 fully saturated rings. The molecule has 1 aromatic rings. The molecule has 1 saturated carbocycles. The monoisotopic (exact) mass is 278 g/mol. The molecule has 0 aliphatic heterocycles. The molecule has 3 nitrogen and oxygen atoms in total. The summed E-state index contributed by atoms with van der Waals surface area (Å²) < 4.78 is 0. The fourth-order valence-corrected chi connectivity index (χ4v) is 3.55. The Kier molecular flexibility index (Phi) is 4.86. The van der Waals surface area contributed by atoms with E-state index in [1.54, 1.807) is 6.20 Å². The number of pyridine rings is 1. The van der Waals surface area contributed by atoms with Crippen molar-refractivity contribution in [2.75, 3.05) is 6.26 Å². The lowest BCUT2D eigenvalue weighted by Gasteiger charge is -2.21. The van der Waals surface area contributed by atoms with Crippen LogP contribution >= 0.6 is 11.8 Å². The summed E-state index contributed by atoms with van der Waals surface area (Å²) in [7, 11) is 0. The summed E-state index contributed by atoms with van der Waals surface area (Å²) in [6, 6.07) is 3.99. The Hall–Kier alpha value is -1.03. The molecule has 1 aromatic heterocycles. The number of rotatable bonds is 4. The van der Waals surface area contributed by atoms with Crippen LogP contribution in [0.3, 0.4) is 0 Å². The number of hydrogen-bond donors (Lipinski definition) is 1. The molecule has 0 saturated heterocycles. The van der Waals surface area contributed by atoms with Crippen molar-refractivity contribution < 1.29 is 4.79 Å². The highest BCUT2D eigenvalue weighted by Gasteiger charge is 2.32. The molecule has 104 valence electrons. The average molecular weight is 278 g/mol. The van der Waals surface area contributed by atoms with Crippen LogP contribution in [0.2, 0.25) is 0 Å². The second kappa shape index (κ2) is 6.42. The highest BCUT2D eigenvalue weighted by molar-refractivity contribution is 7.98. The van der Waals surface area contributed by atoms with Gasteiger partial charge in [-0.2, -0.15) is 0 Å². The van der Waals surface area contributed by atoms with E-state index in [1.807, 2.05) is 18.4 Å². The van der Waals surface area contributed by atoms with Crippen LogP contribution in [0.5, 0.6) is 0 Å². The predicted molar refractivity (Wildman–Crippen MR) is 79.5 cm³/mol. The molecule has 4 heteroatoms. The highest BCUT2D eigenvalue weighted by atomic mass is 32.2. The van der Waals surface area contributed by atoms with Crippen molar-refractivity contribution in [3.8, 4) is 0 Å². The van der Waals surface area contributed by atoms with E-state index in [-0.39, 0.29) is 5.91 Å². The van der Waals surface area contributed by atoms with Gasteiger partial charge in [0.15, 0.2) is 0 Å². The first-order valence-electron chi connectivity index (χ1n) is 6.97. The Morgan fingerprint density at radius 1 is 1.53 bits per heavy atom. The number of amides is 1. The first-order chi connectivity index (χ1) is 9.17. The third kappa shape index (κ3) is 3.11. The third-order valence-electron chi connectivity index (χ3n) is 4.28. The zero-order valence-electron chi connectivity index (χ0n) is 11.8. The predicted octanol–water partition coefficient (Wildman–Crippen LogP) is 3.36. The maximum atomic E-state index is 12.4. The van der Waals surface area contributed by atoms with Crippen LogP contribution < -0.4 is 5.32 Å². The average Bonchev–Trinajstić information content (AvgIpc) is 2.79.